The predicted molar refractivity (Wildman–Crippen MR) is 101 cm³/mol. The topological polar surface area (TPSA) is 69.0 Å². The molecule has 1 amide bonds. The normalized spacial score (nSPS) is 10.8. The molecule has 134 valence electrons. The van der Waals surface area contributed by atoms with Crippen LogP contribution in [0.1, 0.15) is 32.9 Å². The molecule has 0 aliphatic carbocycles. The zero-order chi connectivity index (χ0) is 18.7. The van der Waals surface area contributed by atoms with E-state index in [1.165, 1.54) is 0 Å². The van der Waals surface area contributed by atoms with Crippen LogP contribution in [0.2, 0.25) is 0 Å². The van der Waals surface area contributed by atoms with E-state index in [0.29, 0.717) is 5.69 Å². The van der Waals surface area contributed by atoms with Gasteiger partial charge in [-0.05, 0) is 49.6 Å². The quantitative estimate of drug-likeness (QED) is 0.763. The van der Waals surface area contributed by atoms with Gasteiger partial charge in [0, 0.05) is 12.8 Å². The summed E-state index contributed by atoms with van der Waals surface area (Å²) in [6.45, 7) is 6.16. The summed E-state index contributed by atoms with van der Waals surface area (Å²) in [5, 5.41) is 11.3. The monoisotopic (exact) mass is 350 g/mol. The minimum atomic E-state index is -0.298. The summed E-state index contributed by atoms with van der Waals surface area (Å²) in [6.07, 6.45) is 0. The first kappa shape index (κ1) is 17.8. The summed E-state index contributed by atoms with van der Waals surface area (Å²) in [6, 6.07) is 13.7. The van der Waals surface area contributed by atoms with Crippen molar-refractivity contribution in [3.63, 3.8) is 0 Å². The van der Waals surface area contributed by atoms with Gasteiger partial charge in [-0.2, -0.15) is 0 Å². The Morgan fingerprint density at radius 2 is 1.81 bits per heavy atom. The maximum atomic E-state index is 12.8. The highest BCUT2D eigenvalue weighted by Gasteiger charge is 2.21. The second-order valence-corrected chi connectivity index (χ2v) is 6.29. The van der Waals surface area contributed by atoms with Gasteiger partial charge in [-0.15, -0.1) is 5.10 Å². The third-order valence-corrected chi connectivity index (χ3v) is 4.23. The van der Waals surface area contributed by atoms with Gasteiger partial charge in [-0.25, -0.2) is 4.68 Å². The third-order valence-electron chi connectivity index (χ3n) is 4.23. The van der Waals surface area contributed by atoms with Crippen LogP contribution in [-0.2, 0) is 11.3 Å². The molecule has 0 spiro atoms. The first-order valence-corrected chi connectivity index (χ1v) is 8.39. The number of amides is 1. The van der Waals surface area contributed by atoms with Crippen LogP contribution in [0.3, 0.4) is 0 Å². The largest absolute Gasteiger partial charge is 0.378 e. The lowest BCUT2D eigenvalue weighted by Crippen LogP contribution is -2.17. The second kappa shape index (κ2) is 7.49. The predicted octanol–water partition coefficient (Wildman–Crippen LogP) is 3.59. The number of carbonyl (C=O) groups excluding carboxylic acids is 1. The Balaban J connectivity index is 1.98. The van der Waals surface area contributed by atoms with Crippen molar-refractivity contribution in [1.29, 1.82) is 0 Å². The number of nitrogens with one attached hydrogen (secondary N) is 1. The van der Waals surface area contributed by atoms with E-state index in [0.717, 1.165) is 28.1 Å². The fourth-order valence-electron chi connectivity index (χ4n) is 2.90. The van der Waals surface area contributed by atoms with Gasteiger partial charge in [0.15, 0.2) is 5.69 Å². The van der Waals surface area contributed by atoms with E-state index in [2.05, 4.69) is 15.6 Å². The molecule has 6 nitrogen and oxygen atoms in total. The van der Waals surface area contributed by atoms with E-state index in [1.807, 2.05) is 63.2 Å². The van der Waals surface area contributed by atoms with Gasteiger partial charge in [-0.1, -0.05) is 35.5 Å². The number of rotatable bonds is 5. The van der Waals surface area contributed by atoms with Gasteiger partial charge in [0.1, 0.15) is 5.69 Å². The molecule has 0 atom stereocenters. The third kappa shape index (κ3) is 3.50. The number of anilines is 1. The summed E-state index contributed by atoms with van der Waals surface area (Å²) >= 11 is 0. The number of aromatic nitrogens is 3. The highest BCUT2D eigenvalue weighted by molar-refractivity contribution is 6.04. The molecule has 0 bridgehead atoms. The first-order valence-electron chi connectivity index (χ1n) is 8.39. The highest BCUT2D eigenvalue weighted by atomic mass is 16.5. The molecule has 2 aromatic carbocycles. The van der Waals surface area contributed by atoms with E-state index < -0.39 is 0 Å². The van der Waals surface area contributed by atoms with Crippen LogP contribution in [0.5, 0.6) is 0 Å². The Morgan fingerprint density at radius 1 is 1.12 bits per heavy atom. The molecule has 3 aromatic rings. The van der Waals surface area contributed by atoms with Gasteiger partial charge in [-0.3, -0.25) is 4.79 Å². The number of aryl methyl sites for hydroxylation is 3. The summed E-state index contributed by atoms with van der Waals surface area (Å²) in [7, 11) is 1.58. The van der Waals surface area contributed by atoms with Crippen LogP contribution in [0.4, 0.5) is 5.69 Å². The molecule has 1 aromatic heterocycles. The summed E-state index contributed by atoms with van der Waals surface area (Å²) < 4.78 is 6.94. The lowest BCUT2D eigenvalue weighted by molar-refractivity contribution is 0.101. The molecular formula is C20H22N4O2. The standard InChI is InChI=1S/C20H22N4O2/c1-13-7-5-10-16(11-13)24-17(12-26-4)19(22-23-24)20(25)21-18-14(2)8-6-9-15(18)3/h5-11H,12H2,1-4H3,(H,21,25). The lowest BCUT2D eigenvalue weighted by Gasteiger charge is -2.11. The van der Waals surface area contributed by atoms with Crippen LogP contribution in [0.15, 0.2) is 42.5 Å². The summed E-state index contributed by atoms with van der Waals surface area (Å²) in [5.41, 5.74) is 5.61. The van der Waals surface area contributed by atoms with E-state index in [-0.39, 0.29) is 18.2 Å². The van der Waals surface area contributed by atoms with Crippen LogP contribution in [-0.4, -0.2) is 28.0 Å². The first-order chi connectivity index (χ1) is 12.5. The number of benzene rings is 2. The van der Waals surface area contributed by atoms with Crippen LogP contribution >= 0.6 is 0 Å². The van der Waals surface area contributed by atoms with E-state index in [1.54, 1.807) is 11.8 Å². The maximum absolute atomic E-state index is 12.8. The number of ether oxygens (including phenoxy) is 1. The highest BCUT2D eigenvalue weighted by Crippen LogP contribution is 2.21. The number of nitrogens with zero attached hydrogens (tertiary/aromatic N) is 3. The Bertz CT molecular complexity index is 926. The van der Waals surface area contributed by atoms with Crippen LogP contribution in [0.25, 0.3) is 5.69 Å². The van der Waals surface area contributed by atoms with Crippen molar-refractivity contribution in [2.24, 2.45) is 0 Å². The molecular weight excluding hydrogens is 328 g/mol. The van der Waals surface area contributed by atoms with E-state index >= 15 is 0 Å². The minimum absolute atomic E-state index is 0.233. The van der Waals surface area contributed by atoms with E-state index in [4.69, 9.17) is 4.74 Å². The van der Waals surface area contributed by atoms with Crippen molar-refractivity contribution in [3.8, 4) is 5.69 Å². The molecule has 3 rings (SSSR count). The van der Waals surface area contributed by atoms with Crippen molar-refractivity contribution in [1.82, 2.24) is 15.0 Å². The molecule has 0 unspecified atom stereocenters. The molecule has 0 fully saturated rings. The zero-order valence-corrected chi connectivity index (χ0v) is 15.4. The Kier molecular flexibility index (Phi) is 5.14. The van der Waals surface area contributed by atoms with Gasteiger partial charge < -0.3 is 10.1 Å². The number of hydrogen-bond donors (Lipinski definition) is 1. The Labute approximate surface area is 152 Å². The molecule has 0 radical (unpaired) electrons. The number of carbonyl (C=O) groups is 1. The molecule has 0 aliphatic heterocycles. The van der Waals surface area contributed by atoms with Crippen molar-refractivity contribution in [3.05, 3.63) is 70.5 Å². The minimum Gasteiger partial charge on any atom is -0.378 e. The number of methoxy groups -OCH3 is 1. The molecule has 1 heterocycles. The molecule has 1 N–H and O–H groups in total. The molecule has 0 aliphatic rings. The number of hydrogen-bond acceptors (Lipinski definition) is 4. The van der Waals surface area contributed by atoms with Gasteiger partial charge in [0.2, 0.25) is 0 Å². The van der Waals surface area contributed by atoms with Crippen molar-refractivity contribution in [2.45, 2.75) is 27.4 Å². The van der Waals surface area contributed by atoms with Crippen molar-refractivity contribution in [2.75, 3.05) is 12.4 Å². The molecule has 0 saturated heterocycles. The van der Waals surface area contributed by atoms with Gasteiger partial charge >= 0.3 is 0 Å². The molecule has 26 heavy (non-hydrogen) atoms. The number of para-hydroxylation sites is 1. The van der Waals surface area contributed by atoms with Gasteiger partial charge in [0.25, 0.3) is 5.91 Å². The Hall–Kier alpha value is -2.99. The second-order valence-electron chi connectivity index (χ2n) is 6.29. The van der Waals surface area contributed by atoms with Crippen LogP contribution < -0.4 is 5.32 Å². The molecule has 0 saturated carbocycles. The zero-order valence-electron chi connectivity index (χ0n) is 15.4. The average molecular weight is 350 g/mol. The van der Waals surface area contributed by atoms with E-state index in [9.17, 15) is 4.79 Å². The lowest BCUT2D eigenvalue weighted by atomic mass is 10.1. The van der Waals surface area contributed by atoms with Crippen molar-refractivity contribution < 1.29 is 9.53 Å². The fourth-order valence-corrected chi connectivity index (χ4v) is 2.90. The SMILES string of the molecule is COCc1c(C(=O)Nc2c(C)cccc2C)nnn1-c1cccc(C)c1. The average Bonchev–Trinajstić information content (AvgIpc) is 3.02. The van der Waals surface area contributed by atoms with Gasteiger partial charge in [0.05, 0.1) is 12.3 Å². The van der Waals surface area contributed by atoms with Crippen molar-refractivity contribution >= 4 is 11.6 Å². The summed E-state index contributed by atoms with van der Waals surface area (Å²) in [5.74, 6) is -0.298. The molecule has 6 heteroatoms. The Morgan fingerprint density at radius 3 is 2.46 bits per heavy atom. The smallest absolute Gasteiger partial charge is 0.278 e. The van der Waals surface area contributed by atoms with Crippen LogP contribution in [0, 0.1) is 20.8 Å². The maximum Gasteiger partial charge on any atom is 0.278 e. The fraction of sp³-hybridized carbons (Fsp3) is 0.250. The summed E-state index contributed by atoms with van der Waals surface area (Å²) in [4.78, 5) is 12.8.